The van der Waals surface area contributed by atoms with Gasteiger partial charge in [0, 0.05) is 49.2 Å². The molecule has 0 bridgehead atoms. The lowest BCUT2D eigenvalue weighted by Gasteiger charge is -2.37. The molecule has 216 valence electrons. The zero-order valence-corrected chi connectivity index (χ0v) is 25.9. The van der Waals surface area contributed by atoms with Crippen molar-refractivity contribution < 1.29 is 9.59 Å². The van der Waals surface area contributed by atoms with Gasteiger partial charge < -0.3 is 21.3 Å². The first-order valence-corrected chi connectivity index (χ1v) is 15.1. The first-order chi connectivity index (χ1) is 18.8. The van der Waals surface area contributed by atoms with E-state index in [0.29, 0.717) is 11.7 Å². The summed E-state index contributed by atoms with van der Waals surface area (Å²) in [6, 6.07) is 10.0. The van der Waals surface area contributed by atoms with Crippen LogP contribution in [0.2, 0.25) is 0 Å². The van der Waals surface area contributed by atoms with Gasteiger partial charge in [0.05, 0.1) is 11.4 Å². The molecule has 0 spiro atoms. The number of nitrogens with one attached hydrogen (secondary N) is 2. The first kappa shape index (κ1) is 32.6. The van der Waals surface area contributed by atoms with Gasteiger partial charge in [-0.2, -0.15) is 0 Å². The Kier molecular flexibility index (Phi) is 14.3. The highest BCUT2D eigenvalue weighted by Gasteiger charge is 2.31. The van der Waals surface area contributed by atoms with E-state index in [2.05, 4.69) is 50.3 Å². The number of nitrogens with two attached hydrogens (primary N) is 1. The average molecular weight is 604 g/mol. The largest absolute Gasteiger partial charge is 0.384 e. The maximum absolute atomic E-state index is 13.2. The summed E-state index contributed by atoms with van der Waals surface area (Å²) in [5.41, 5.74) is 8.63. The lowest BCUT2D eigenvalue weighted by Crippen LogP contribution is -2.47. The summed E-state index contributed by atoms with van der Waals surface area (Å²) in [7, 11) is 0. The third-order valence-electron chi connectivity index (χ3n) is 6.65. The number of nitrogen functional groups attached to an aromatic ring is 1. The van der Waals surface area contributed by atoms with Crippen molar-refractivity contribution in [1.29, 1.82) is 0 Å². The zero-order valence-electron chi connectivity index (χ0n) is 24.3. The van der Waals surface area contributed by atoms with E-state index in [-0.39, 0.29) is 17.9 Å². The molecule has 39 heavy (non-hydrogen) atoms. The molecule has 0 atom stereocenters. The standard InChI is InChI=1S/C25H33BrN6O2.C3H8.C2H6/c1-17(33)29-23-15-20(26)2-3-22(23)30-21-7-12-32(13-8-21)25(34)19-5-10-31(11-6-19)16-18-4-9-28-24(27)14-18;1-3-2;1-2/h2-4,9,14-15,19,21,30H,5-8,10-13,16H2,1H3,(H2,27,28)(H,29,33);3H2,1-2H3;1-2H3. The predicted molar refractivity (Wildman–Crippen MR) is 166 cm³/mol. The van der Waals surface area contributed by atoms with Crippen LogP contribution in [0, 0.1) is 5.92 Å². The van der Waals surface area contributed by atoms with Crippen molar-refractivity contribution in [2.24, 2.45) is 5.92 Å². The van der Waals surface area contributed by atoms with Gasteiger partial charge in [-0.25, -0.2) is 4.98 Å². The Hall–Kier alpha value is -2.65. The Morgan fingerprint density at radius 2 is 1.64 bits per heavy atom. The van der Waals surface area contributed by atoms with E-state index in [0.717, 1.165) is 74.3 Å². The molecule has 0 unspecified atom stereocenters. The van der Waals surface area contributed by atoms with Crippen LogP contribution in [0.4, 0.5) is 17.2 Å². The molecule has 2 aliphatic rings. The van der Waals surface area contributed by atoms with Crippen LogP contribution < -0.4 is 16.4 Å². The molecule has 2 aromatic rings. The summed E-state index contributed by atoms with van der Waals surface area (Å²) in [5.74, 6) is 0.861. The summed E-state index contributed by atoms with van der Waals surface area (Å²) in [4.78, 5) is 33.2. The Morgan fingerprint density at radius 3 is 2.23 bits per heavy atom. The molecule has 8 nitrogen and oxygen atoms in total. The van der Waals surface area contributed by atoms with Crippen molar-refractivity contribution in [3.63, 3.8) is 0 Å². The molecule has 9 heteroatoms. The van der Waals surface area contributed by atoms with Crippen LogP contribution in [0.1, 0.15) is 72.3 Å². The minimum Gasteiger partial charge on any atom is -0.384 e. The molecule has 1 aromatic heterocycles. The Morgan fingerprint density at radius 1 is 1.00 bits per heavy atom. The van der Waals surface area contributed by atoms with Gasteiger partial charge in [-0.05, 0) is 74.7 Å². The van der Waals surface area contributed by atoms with Crippen molar-refractivity contribution in [3.05, 3.63) is 46.6 Å². The van der Waals surface area contributed by atoms with Crippen molar-refractivity contribution >= 4 is 44.9 Å². The number of hydrogen-bond donors (Lipinski definition) is 3. The topological polar surface area (TPSA) is 104 Å². The second-order valence-corrected chi connectivity index (χ2v) is 10.9. The van der Waals surface area contributed by atoms with Gasteiger partial charge in [-0.1, -0.05) is 50.0 Å². The van der Waals surface area contributed by atoms with E-state index in [4.69, 9.17) is 5.73 Å². The number of hydrogen-bond acceptors (Lipinski definition) is 6. The van der Waals surface area contributed by atoms with Crippen LogP contribution in [0.5, 0.6) is 0 Å². The highest BCUT2D eigenvalue weighted by Crippen LogP contribution is 2.29. The van der Waals surface area contributed by atoms with Gasteiger partial charge in [0.1, 0.15) is 5.82 Å². The van der Waals surface area contributed by atoms with Gasteiger partial charge in [0.15, 0.2) is 0 Å². The quantitative estimate of drug-likeness (QED) is 0.367. The maximum atomic E-state index is 13.2. The van der Waals surface area contributed by atoms with Crippen LogP contribution in [0.3, 0.4) is 0 Å². The third kappa shape index (κ3) is 10.8. The molecule has 0 saturated carbocycles. The van der Waals surface area contributed by atoms with Gasteiger partial charge in [0.25, 0.3) is 0 Å². The monoisotopic (exact) mass is 602 g/mol. The minimum absolute atomic E-state index is 0.0995. The fourth-order valence-electron chi connectivity index (χ4n) is 4.85. The Bertz CT molecular complexity index is 1030. The fourth-order valence-corrected chi connectivity index (χ4v) is 5.21. The van der Waals surface area contributed by atoms with E-state index in [1.807, 2.05) is 49.1 Å². The average Bonchev–Trinajstić information content (AvgIpc) is 2.92. The normalized spacial score (nSPS) is 16.3. The number of likely N-dealkylation sites (tertiary alicyclic amines) is 2. The predicted octanol–water partition coefficient (Wildman–Crippen LogP) is 6.14. The third-order valence-corrected chi connectivity index (χ3v) is 7.14. The zero-order chi connectivity index (χ0) is 28.8. The van der Waals surface area contributed by atoms with E-state index in [9.17, 15) is 9.59 Å². The van der Waals surface area contributed by atoms with Crippen molar-refractivity contribution in [3.8, 4) is 0 Å². The number of amides is 2. The van der Waals surface area contributed by atoms with E-state index < -0.39 is 0 Å². The number of piperidine rings is 2. The SMILES string of the molecule is CC.CC(=O)Nc1cc(Br)ccc1NC1CCN(C(=O)C2CCN(Cc3ccnc(N)c3)CC2)CC1.CCC. The molecule has 4 N–H and O–H groups in total. The van der Waals surface area contributed by atoms with E-state index in [1.54, 1.807) is 6.20 Å². The summed E-state index contributed by atoms with van der Waals surface area (Å²) in [6.45, 7) is 14.0. The summed E-state index contributed by atoms with van der Waals surface area (Å²) < 4.78 is 0.915. The summed E-state index contributed by atoms with van der Waals surface area (Å²) >= 11 is 3.46. The molecule has 2 amide bonds. The number of carbonyl (C=O) groups is 2. The Labute approximate surface area is 243 Å². The van der Waals surface area contributed by atoms with Crippen molar-refractivity contribution in [2.45, 2.75) is 79.3 Å². The number of carbonyl (C=O) groups excluding carboxylic acids is 2. The summed E-state index contributed by atoms with van der Waals surface area (Å²) in [6.07, 6.45) is 6.58. The highest BCUT2D eigenvalue weighted by molar-refractivity contribution is 9.10. The number of anilines is 3. The first-order valence-electron chi connectivity index (χ1n) is 14.3. The van der Waals surface area contributed by atoms with E-state index >= 15 is 0 Å². The number of rotatable bonds is 6. The fraction of sp³-hybridized carbons (Fsp3) is 0.567. The smallest absolute Gasteiger partial charge is 0.225 e. The van der Waals surface area contributed by atoms with Gasteiger partial charge in [-0.3, -0.25) is 14.5 Å². The van der Waals surface area contributed by atoms with Crippen LogP contribution in [-0.2, 0) is 16.1 Å². The van der Waals surface area contributed by atoms with Gasteiger partial charge >= 0.3 is 0 Å². The number of halogens is 1. The molecule has 0 radical (unpaired) electrons. The molecular weight excluding hydrogens is 556 g/mol. The molecule has 2 saturated heterocycles. The second kappa shape index (κ2) is 17.1. The molecule has 2 fully saturated rings. The maximum Gasteiger partial charge on any atom is 0.225 e. The molecule has 4 rings (SSSR count). The molecule has 0 aliphatic carbocycles. The molecule has 1 aromatic carbocycles. The number of nitrogens with zero attached hydrogens (tertiary/aromatic N) is 3. The van der Waals surface area contributed by atoms with Crippen molar-refractivity contribution in [1.82, 2.24) is 14.8 Å². The number of aromatic nitrogens is 1. The second-order valence-electron chi connectivity index (χ2n) is 9.96. The van der Waals surface area contributed by atoms with Gasteiger partial charge in [0.2, 0.25) is 11.8 Å². The molecule has 3 heterocycles. The van der Waals surface area contributed by atoms with Crippen LogP contribution in [0.15, 0.2) is 41.0 Å². The van der Waals surface area contributed by atoms with Crippen molar-refractivity contribution in [2.75, 3.05) is 42.5 Å². The number of benzene rings is 1. The highest BCUT2D eigenvalue weighted by atomic mass is 79.9. The molecule has 2 aliphatic heterocycles. The van der Waals surface area contributed by atoms with Crippen LogP contribution in [0.25, 0.3) is 0 Å². The number of pyridine rings is 1. The Balaban J connectivity index is 0.000000998. The molecular formula is C30H47BrN6O2. The van der Waals surface area contributed by atoms with Crippen LogP contribution in [-0.4, -0.2) is 58.8 Å². The summed E-state index contributed by atoms with van der Waals surface area (Å²) in [5, 5.41) is 6.45. The minimum atomic E-state index is -0.0995. The van der Waals surface area contributed by atoms with E-state index in [1.165, 1.54) is 18.9 Å². The lowest BCUT2D eigenvalue weighted by atomic mass is 9.93. The van der Waals surface area contributed by atoms with Gasteiger partial charge in [-0.15, -0.1) is 0 Å². The lowest BCUT2D eigenvalue weighted by molar-refractivity contribution is -0.138. The van der Waals surface area contributed by atoms with Crippen LogP contribution >= 0.6 is 15.9 Å².